The van der Waals surface area contributed by atoms with E-state index in [1.165, 1.54) is 6.92 Å². The first-order valence-electron chi connectivity index (χ1n) is 9.09. The van der Waals surface area contributed by atoms with Gasteiger partial charge >= 0.3 is 12.0 Å². The van der Waals surface area contributed by atoms with Crippen molar-refractivity contribution in [2.75, 3.05) is 5.32 Å². The Balaban J connectivity index is 1.87. The normalized spacial score (nSPS) is 11.3. The van der Waals surface area contributed by atoms with Crippen LogP contribution in [0.2, 0.25) is 0 Å². The van der Waals surface area contributed by atoms with Crippen LogP contribution in [-0.4, -0.2) is 29.1 Å². The molecule has 7 heteroatoms. The molecule has 2 aromatic carbocycles. The van der Waals surface area contributed by atoms with Gasteiger partial charge in [-0.05, 0) is 36.1 Å². The van der Waals surface area contributed by atoms with E-state index in [9.17, 15) is 14.4 Å². The highest BCUT2D eigenvalue weighted by Gasteiger charge is 2.14. The predicted molar refractivity (Wildman–Crippen MR) is 107 cm³/mol. The third-order valence-electron chi connectivity index (χ3n) is 4.09. The fourth-order valence-corrected chi connectivity index (χ4v) is 2.75. The molecule has 0 saturated carbocycles. The van der Waals surface area contributed by atoms with E-state index in [0.717, 1.165) is 11.1 Å². The number of carbonyl (C=O) groups excluding carboxylic acids is 2. The lowest BCUT2D eigenvalue weighted by molar-refractivity contribution is -0.137. The molecule has 0 saturated heterocycles. The van der Waals surface area contributed by atoms with Crippen molar-refractivity contribution in [2.45, 2.75) is 38.8 Å². The molecule has 2 aromatic rings. The van der Waals surface area contributed by atoms with Gasteiger partial charge in [-0.15, -0.1) is 0 Å². The molecule has 0 heterocycles. The molecule has 0 aromatic heterocycles. The fourth-order valence-electron chi connectivity index (χ4n) is 2.75. The minimum atomic E-state index is -0.889. The number of anilines is 1. The maximum atomic E-state index is 12.2. The van der Waals surface area contributed by atoms with Crippen molar-refractivity contribution in [3.63, 3.8) is 0 Å². The first-order chi connectivity index (χ1) is 13.4. The van der Waals surface area contributed by atoms with Crippen LogP contribution in [0.1, 0.15) is 30.9 Å². The summed E-state index contributed by atoms with van der Waals surface area (Å²) < 4.78 is 0. The number of benzene rings is 2. The summed E-state index contributed by atoms with van der Waals surface area (Å²) in [6, 6.07) is 16.2. The van der Waals surface area contributed by atoms with Crippen LogP contribution in [0.15, 0.2) is 54.6 Å². The first kappa shape index (κ1) is 21.0. The average molecular weight is 383 g/mol. The van der Waals surface area contributed by atoms with Crippen molar-refractivity contribution in [1.82, 2.24) is 10.6 Å². The van der Waals surface area contributed by atoms with Crippen LogP contribution in [0.3, 0.4) is 0 Å². The molecule has 0 radical (unpaired) electrons. The smallest absolute Gasteiger partial charge is 0.315 e. The largest absolute Gasteiger partial charge is 0.481 e. The Morgan fingerprint density at radius 1 is 0.964 bits per heavy atom. The molecule has 0 aliphatic rings. The lowest BCUT2D eigenvalue weighted by atomic mass is 10.0. The molecule has 1 atom stereocenters. The zero-order valence-electron chi connectivity index (χ0n) is 15.8. The Morgan fingerprint density at radius 3 is 2.25 bits per heavy atom. The molecular formula is C21H25N3O4. The lowest BCUT2D eigenvalue weighted by Gasteiger charge is -2.19. The Kier molecular flexibility index (Phi) is 8.02. The second-order valence-electron chi connectivity index (χ2n) is 6.52. The highest BCUT2D eigenvalue weighted by atomic mass is 16.4. The van der Waals surface area contributed by atoms with E-state index in [-0.39, 0.29) is 24.4 Å². The molecule has 1 unspecified atom stereocenters. The lowest BCUT2D eigenvalue weighted by Crippen LogP contribution is -2.43. The summed E-state index contributed by atoms with van der Waals surface area (Å²) >= 11 is 0. The minimum Gasteiger partial charge on any atom is -0.481 e. The van der Waals surface area contributed by atoms with Crippen LogP contribution < -0.4 is 16.0 Å². The first-order valence-corrected chi connectivity index (χ1v) is 9.09. The van der Waals surface area contributed by atoms with E-state index in [1.54, 1.807) is 12.1 Å². The Hall–Kier alpha value is -3.35. The summed E-state index contributed by atoms with van der Waals surface area (Å²) in [5.41, 5.74) is 2.61. The second-order valence-corrected chi connectivity index (χ2v) is 6.52. The quantitative estimate of drug-likeness (QED) is 0.534. The van der Waals surface area contributed by atoms with Crippen molar-refractivity contribution in [1.29, 1.82) is 0 Å². The van der Waals surface area contributed by atoms with Gasteiger partial charge in [-0.1, -0.05) is 42.5 Å². The van der Waals surface area contributed by atoms with Gasteiger partial charge in [0.25, 0.3) is 0 Å². The zero-order chi connectivity index (χ0) is 20.4. The second kappa shape index (κ2) is 10.7. The number of carboxylic acids is 1. The molecule has 0 spiro atoms. The molecule has 28 heavy (non-hydrogen) atoms. The van der Waals surface area contributed by atoms with Crippen LogP contribution in [0.5, 0.6) is 0 Å². The maximum absolute atomic E-state index is 12.2. The van der Waals surface area contributed by atoms with Crippen LogP contribution in [0, 0.1) is 0 Å². The van der Waals surface area contributed by atoms with Gasteiger partial charge in [0.2, 0.25) is 5.91 Å². The van der Waals surface area contributed by atoms with Gasteiger partial charge in [0.05, 0.1) is 0 Å². The molecule has 0 bridgehead atoms. The molecule has 7 nitrogen and oxygen atoms in total. The standard InChI is InChI=1S/C21H25N3O4/c1-15(25)23-18-9-7-17(8-10-18)14-22-21(28)24-19(11-12-20(26)27)13-16-5-3-2-4-6-16/h2-10,19H,11-14H2,1H3,(H,23,25)(H,26,27)(H2,22,24,28). The van der Waals surface area contributed by atoms with Gasteiger partial charge in [-0.25, -0.2) is 4.79 Å². The van der Waals surface area contributed by atoms with Gasteiger partial charge in [0.1, 0.15) is 0 Å². The molecule has 148 valence electrons. The molecule has 0 fully saturated rings. The number of amides is 3. The van der Waals surface area contributed by atoms with Crippen LogP contribution in [0.25, 0.3) is 0 Å². The Bertz CT molecular complexity index is 791. The number of carboxylic acid groups (broad SMARTS) is 1. The van der Waals surface area contributed by atoms with Gasteiger partial charge < -0.3 is 21.1 Å². The average Bonchev–Trinajstić information content (AvgIpc) is 2.66. The van der Waals surface area contributed by atoms with E-state index in [1.807, 2.05) is 42.5 Å². The molecule has 2 rings (SSSR count). The van der Waals surface area contributed by atoms with Crippen molar-refractivity contribution in [2.24, 2.45) is 0 Å². The van der Waals surface area contributed by atoms with Crippen LogP contribution >= 0.6 is 0 Å². The highest BCUT2D eigenvalue weighted by molar-refractivity contribution is 5.88. The van der Waals surface area contributed by atoms with Gasteiger partial charge in [-0.3, -0.25) is 9.59 Å². The third-order valence-corrected chi connectivity index (χ3v) is 4.09. The summed E-state index contributed by atoms with van der Waals surface area (Å²) in [5.74, 6) is -1.03. The Labute approximate surface area is 164 Å². The van der Waals surface area contributed by atoms with E-state index < -0.39 is 5.97 Å². The number of hydrogen-bond donors (Lipinski definition) is 4. The van der Waals surface area contributed by atoms with Crippen molar-refractivity contribution in [3.8, 4) is 0 Å². The maximum Gasteiger partial charge on any atom is 0.315 e. The van der Waals surface area contributed by atoms with Gasteiger partial charge in [0, 0.05) is 31.6 Å². The van der Waals surface area contributed by atoms with Crippen LogP contribution in [-0.2, 0) is 22.6 Å². The van der Waals surface area contributed by atoms with Crippen LogP contribution in [0.4, 0.5) is 10.5 Å². The monoisotopic (exact) mass is 383 g/mol. The number of carbonyl (C=O) groups is 3. The van der Waals surface area contributed by atoms with Gasteiger partial charge in [0.15, 0.2) is 0 Å². The topological polar surface area (TPSA) is 108 Å². The zero-order valence-corrected chi connectivity index (χ0v) is 15.8. The molecule has 0 aliphatic heterocycles. The molecule has 0 aliphatic carbocycles. The van der Waals surface area contributed by atoms with Crippen molar-refractivity contribution in [3.05, 3.63) is 65.7 Å². The summed E-state index contributed by atoms with van der Waals surface area (Å²) in [6.45, 7) is 1.76. The highest BCUT2D eigenvalue weighted by Crippen LogP contribution is 2.10. The van der Waals surface area contributed by atoms with E-state index >= 15 is 0 Å². The summed E-state index contributed by atoms with van der Waals surface area (Å²) in [7, 11) is 0. The SMILES string of the molecule is CC(=O)Nc1ccc(CNC(=O)NC(CCC(=O)O)Cc2ccccc2)cc1. The molecule has 3 amide bonds. The number of nitrogens with one attached hydrogen (secondary N) is 3. The van der Waals surface area contributed by atoms with Crippen molar-refractivity contribution < 1.29 is 19.5 Å². The Morgan fingerprint density at radius 2 is 1.64 bits per heavy atom. The van der Waals surface area contributed by atoms with E-state index in [4.69, 9.17) is 5.11 Å². The summed E-state index contributed by atoms with van der Waals surface area (Å²) in [5, 5.41) is 17.3. The number of urea groups is 1. The van der Waals surface area contributed by atoms with E-state index in [0.29, 0.717) is 25.1 Å². The predicted octanol–water partition coefficient (Wildman–Crippen LogP) is 2.92. The summed E-state index contributed by atoms with van der Waals surface area (Å²) in [6.07, 6.45) is 0.901. The number of rotatable bonds is 9. The van der Waals surface area contributed by atoms with Crippen molar-refractivity contribution >= 4 is 23.6 Å². The number of hydrogen-bond acceptors (Lipinski definition) is 3. The molecular weight excluding hydrogens is 358 g/mol. The minimum absolute atomic E-state index is 0.0115. The fraction of sp³-hybridized carbons (Fsp3) is 0.286. The molecule has 4 N–H and O–H groups in total. The third kappa shape index (κ3) is 7.90. The van der Waals surface area contributed by atoms with E-state index in [2.05, 4.69) is 16.0 Å². The summed E-state index contributed by atoms with van der Waals surface area (Å²) in [4.78, 5) is 34.2. The number of aliphatic carboxylic acids is 1. The van der Waals surface area contributed by atoms with Gasteiger partial charge in [-0.2, -0.15) is 0 Å².